The van der Waals surface area contributed by atoms with E-state index < -0.39 is 67.7 Å². The second kappa shape index (κ2) is 12.9. The number of ether oxygens (including phenoxy) is 5. The van der Waals surface area contributed by atoms with Crippen molar-refractivity contribution < 1.29 is 63.9 Å². The Balaban J connectivity index is 2.17. The molecule has 1 aromatic carbocycles. The molecule has 13 heteroatoms. The normalized spacial score (nSPS) is 25.7. The van der Waals surface area contributed by atoms with Crippen LogP contribution in [0.1, 0.15) is 25.3 Å². The van der Waals surface area contributed by atoms with Crippen molar-refractivity contribution in [3.8, 4) is 17.2 Å². The van der Waals surface area contributed by atoms with Crippen LogP contribution < -0.4 is 14.2 Å². The average molecular weight is 516 g/mol. The number of hydrogen-bond acceptors (Lipinski definition) is 12. The van der Waals surface area contributed by atoms with E-state index >= 15 is 0 Å². The molecule has 1 heterocycles. The maximum absolute atomic E-state index is 12.1. The minimum absolute atomic E-state index is 0.00857. The Morgan fingerprint density at radius 2 is 1.67 bits per heavy atom. The Hall–Kier alpha value is -2.94. The van der Waals surface area contributed by atoms with Crippen LogP contribution in [0.25, 0.3) is 6.08 Å². The molecule has 0 aliphatic carbocycles. The highest BCUT2D eigenvalue weighted by Crippen LogP contribution is 2.41. The summed E-state index contributed by atoms with van der Waals surface area (Å²) in [5, 5.41) is 58.8. The zero-order valence-corrected chi connectivity index (χ0v) is 20.1. The smallest absolute Gasteiger partial charge is 0.308 e. The number of esters is 1. The van der Waals surface area contributed by atoms with Crippen LogP contribution in [-0.2, 0) is 19.1 Å². The molecule has 1 aliphatic rings. The highest BCUT2D eigenvalue weighted by Gasteiger charge is 2.46. The molecule has 1 aliphatic heterocycles. The Morgan fingerprint density at radius 1 is 1.06 bits per heavy atom. The fourth-order valence-electron chi connectivity index (χ4n) is 3.49. The van der Waals surface area contributed by atoms with Gasteiger partial charge in [0, 0.05) is 0 Å². The van der Waals surface area contributed by atoms with Crippen molar-refractivity contribution in [3.63, 3.8) is 0 Å². The van der Waals surface area contributed by atoms with Gasteiger partial charge in [-0.2, -0.15) is 0 Å². The first-order chi connectivity index (χ1) is 16.9. The number of benzene rings is 1. The molecule has 1 aromatic rings. The summed E-state index contributed by atoms with van der Waals surface area (Å²) >= 11 is 0. The van der Waals surface area contributed by atoms with E-state index in [1.165, 1.54) is 20.3 Å². The van der Waals surface area contributed by atoms with Gasteiger partial charge in [0.25, 0.3) is 0 Å². The number of carboxylic acids is 1. The van der Waals surface area contributed by atoms with E-state index in [1.54, 1.807) is 18.2 Å². The third-order valence-electron chi connectivity index (χ3n) is 5.27. The number of aliphatic hydroxyl groups excluding tert-OH is 4. The average Bonchev–Trinajstić information content (AvgIpc) is 2.81. The molecule has 2 rings (SSSR count). The number of rotatable bonds is 12. The molecule has 0 radical (unpaired) electrons. The van der Waals surface area contributed by atoms with E-state index in [0.717, 1.165) is 6.92 Å². The number of aliphatic hydroxyl groups is 5. The molecule has 0 spiro atoms. The van der Waals surface area contributed by atoms with Gasteiger partial charge < -0.3 is 54.3 Å². The van der Waals surface area contributed by atoms with Crippen LogP contribution in [-0.4, -0.2) is 106 Å². The lowest BCUT2D eigenvalue weighted by Crippen LogP contribution is -2.60. The zero-order valence-electron chi connectivity index (χ0n) is 20.1. The lowest BCUT2D eigenvalue weighted by atomic mass is 9.98. The summed E-state index contributed by atoms with van der Waals surface area (Å²) in [6, 6.07) is 3.12. The molecule has 0 bridgehead atoms. The van der Waals surface area contributed by atoms with E-state index in [-0.39, 0.29) is 23.9 Å². The highest BCUT2D eigenvalue weighted by atomic mass is 16.7. The van der Waals surface area contributed by atoms with Gasteiger partial charge in [0.1, 0.15) is 31.0 Å². The first kappa shape index (κ1) is 29.3. The summed E-state index contributed by atoms with van der Waals surface area (Å²) in [4.78, 5) is 22.9. The quantitative estimate of drug-likeness (QED) is 0.186. The summed E-state index contributed by atoms with van der Waals surface area (Å²) in [5.74, 6) is -1.92. The van der Waals surface area contributed by atoms with Crippen LogP contribution in [0.3, 0.4) is 0 Å². The maximum Gasteiger partial charge on any atom is 0.308 e. The molecular formula is C23H32O13. The fraction of sp³-hybridized carbons (Fsp3) is 0.565. The van der Waals surface area contributed by atoms with Gasteiger partial charge in [-0.3, -0.25) is 9.59 Å². The molecule has 0 saturated carbocycles. The predicted octanol–water partition coefficient (Wildman–Crippen LogP) is -0.945. The highest BCUT2D eigenvalue weighted by molar-refractivity contribution is 5.73. The largest absolute Gasteiger partial charge is 0.493 e. The molecule has 6 unspecified atom stereocenters. The topological polar surface area (TPSA) is 202 Å². The van der Waals surface area contributed by atoms with Gasteiger partial charge in [0.05, 0.1) is 39.3 Å². The van der Waals surface area contributed by atoms with Crippen molar-refractivity contribution in [2.75, 3.05) is 27.4 Å². The Bertz CT molecular complexity index is 904. The Kier molecular flexibility index (Phi) is 10.5. The molecule has 6 N–H and O–H groups in total. The van der Waals surface area contributed by atoms with E-state index in [1.807, 2.05) is 0 Å². The SMILES string of the molecule is COc1cc(C=CCO)cc(OC)c1OC1OC(COC(=O)CC(C)(O)CC(=O)O)C(O)C(O)C1O. The first-order valence-electron chi connectivity index (χ1n) is 10.9. The summed E-state index contributed by atoms with van der Waals surface area (Å²) in [7, 11) is 2.72. The van der Waals surface area contributed by atoms with Crippen molar-refractivity contribution in [2.24, 2.45) is 0 Å². The summed E-state index contributed by atoms with van der Waals surface area (Å²) < 4.78 is 26.9. The number of aliphatic carboxylic acids is 1. The van der Waals surface area contributed by atoms with Gasteiger partial charge in [0.2, 0.25) is 12.0 Å². The molecule has 1 fully saturated rings. The molecule has 6 atom stereocenters. The van der Waals surface area contributed by atoms with Crippen LogP contribution in [0.2, 0.25) is 0 Å². The van der Waals surface area contributed by atoms with Crippen molar-refractivity contribution in [1.29, 1.82) is 0 Å². The van der Waals surface area contributed by atoms with Crippen molar-refractivity contribution in [2.45, 2.75) is 56.1 Å². The Morgan fingerprint density at radius 3 is 2.19 bits per heavy atom. The standard InChI is InChI=1S/C23H32O13/c1-23(31,9-16(25)26)10-17(27)34-11-15-18(28)19(29)20(30)22(35-15)36-21-13(32-2)7-12(5-4-6-24)8-14(21)33-3/h4-5,7-8,15,18-20,22,24,28-31H,6,9-11H2,1-3H3,(H,25,26). The number of carbonyl (C=O) groups excluding carboxylic acids is 1. The fourth-order valence-corrected chi connectivity index (χ4v) is 3.49. The van der Waals surface area contributed by atoms with E-state index in [2.05, 4.69) is 0 Å². The number of carboxylic acid groups (broad SMARTS) is 1. The van der Waals surface area contributed by atoms with Crippen LogP contribution in [0, 0.1) is 0 Å². The van der Waals surface area contributed by atoms with Gasteiger partial charge in [-0.05, 0) is 24.6 Å². The number of hydrogen-bond donors (Lipinski definition) is 6. The molecule has 0 aromatic heterocycles. The molecule has 36 heavy (non-hydrogen) atoms. The summed E-state index contributed by atoms with van der Waals surface area (Å²) in [5.41, 5.74) is -1.25. The first-order valence-corrected chi connectivity index (χ1v) is 10.9. The molecule has 0 amide bonds. The van der Waals surface area contributed by atoms with Crippen molar-refractivity contribution >= 4 is 18.0 Å². The van der Waals surface area contributed by atoms with E-state index in [9.17, 15) is 30.0 Å². The van der Waals surface area contributed by atoms with Crippen LogP contribution in [0.4, 0.5) is 0 Å². The van der Waals surface area contributed by atoms with E-state index in [0.29, 0.717) is 5.56 Å². The minimum Gasteiger partial charge on any atom is -0.493 e. The van der Waals surface area contributed by atoms with Gasteiger partial charge in [-0.15, -0.1) is 0 Å². The monoisotopic (exact) mass is 516 g/mol. The Labute approximate surface area is 207 Å². The van der Waals surface area contributed by atoms with E-state index in [4.69, 9.17) is 33.9 Å². The number of methoxy groups -OCH3 is 2. The van der Waals surface area contributed by atoms with Crippen LogP contribution >= 0.6 is 0 Å². The lowest BCUT2D eigenvalue weighted by Gasteiger charge is -2.40. The third-order valence-corrected chi connectivity index (χ3v) is 5.27. The zero-order chi connectivity index (χ0) is 27.0. The van der Waals surface area contributed by atoms with Gasteiger partial charge in [-0.25, -0.2) is 0 Å². The maximum atomic E-state index is 12.1. The van der Waals surface area contributed by atoms with Gasteiger partial charge in [0.15, 0.2) is 11.5 Å². The second-order valence-electron chi connectivity index (χ2n) is 8.40. The molecular weight excluding hydrogens is 484 g/mol. The molecule has 1 saturated heterocycles. The van der Waals surface area contributed by atoms with Crippen LogP contribution in [0.15, 0.2) is 18.2 Å². The summed E-state index contributed by atoms with van der Waals surface area (Å²) in [6.45, 7) is 0.379. The van der Waals surface area contributed by atoms with Crippen LogP contribution in [0.5, 0.6) is 17.2 Å². The van der Waals surface area contributed by atoms with Gasteiger partial charge >= 0.3 is 11.9 Å². The molecule has 13 nitrogen and oxygen atoms in total. The lowest BCUT2D eigenvalue weighted by molar-refractivity contribution is -0.279. The third kappa shape index (κ3) is 7.78. The van der Waals surface area contributed by atoms with Crippen molar-refractivity contribution in [1.82, 2.24) is 0 Å². The predicted molar refractivity (Wildman–Crippen MR) is 121 cm³/mol. The minimum atomic E-state index is -1.86. The van der Waals surface area contributed by atoms with Crippen molar-refractivity contribution in [3.05, 3.63) is 23.8 Å². The summed E-state index contributed by atoms with van der Waals surface area (Å²) in [6.07, 6.45) is -6.25. The molecule has 202 valence electrons. The second-order valence-corrected chi connectivity index (χ2v) is 8.40. The number of carbonyl (C=O) groups is 2. The van der Waals surface area contributed by atoms with Gasteiger partial charge in [-0.1, -0.05) is 12.2 Å².